The Kier molecular flexibility index (Phi) is 5.88. The number of rotatable bonds is 5. The van der Waals surface area contributed by atoms with Crippen LogP contribution in [0.4, 0.5) is 5.82 Å². The molecule has 2 aromatic rings. The number of nitrogens with one attached hydrogen (secondary N) is 2. The van der Waals surface area contributed by atoms with Crippen LogP contribution in [-0.4, -0.2) is 31.1 Å². The first-order chi connectivity index (χ1) is 12.2. The average Bonchev–Trinajstić information content (AvgIpc) is 3.17. The molecule has 1 aliphatic rings. The van der Waals surface area contributed by atoms with E-state index in [1.165, 1.54) is 29.5 Å². The number of hydrogen-bond acceptors (Lipinski definition) is 3. The number of aliphatic imine (C=N–C) groups is 1. The summed E-state index contributed by atoms with van der Waals surface area (Å²) >= 11 is 0. The molecule has 2 heterocycles. The molecule has 1 aliphatic heterocycles. The van der Waals surface area contributed by atoms with E-state index in [-0.39, 0.29) is 0 Å². The lowest BCUT2D eigenvalue weighted by molar-refractivity contribution is 0.806. The zero-order chi connectivity index (χ0) is 17.5. The van der Waals surface area contributed by atoms with Gasteiger partial charge in [-0.1, -0.05) is 29.8 Å². The third-order valence-electron chi connectivity index (χ3n) is 4.47. The van der Waals surface area contributed by atoms with Crippen LogP contribution in [0.25, 0.3) is 0 Å². The van der Waals surface area contributed by atoms with Gasteiger partial charge in [0.2, 0.25) is 0 Å². The van der Waals surface area contributed by atoms with Crippen LogP contribution in [0.1, 0.15) is 29.5 Å². The van der Waals surface area contributed by atoms with Crippen LogP contribution >= 0.6 is 0 Å². The van der Waals surface area contributed by atoms with Crippen molar-refractivity contribution < 1.29 is 0 Å². The fraction of sp³-hybridized carbons (Fsp3) is 0.400. The van der Waals surface area contributed by atoms with Crippen LogP contribution in [0, 0.1) is 6.92 Å². The maximum absolute atomic E-state index is 4.51. The number of benzene rings is 1. The van der Waals surface area contributed by atoms with E-state index in [0.717, 1.165) is 38.0 Å². The minimum absolute atomic E-state index is 0.733. The van der Waals surface area contributed by atoms with Crippen LogP contribution < -0.4 is 15.5 Å². The minimum Gasteiger partial charge on any atom is -0.357 e. The molecule has 1 fully saturated rings. The number of nitrogens with zero attached hydrogens (tertiary/aromatic N) is 3. The van der Waals surface area contributed by atoms with E-state index >= 15 is 0 Å². The van der Waals surface area contributed by atoms with E-state index in [9.17, 15) is 0 Å². The Morgan fingerprint density at radius 2 is 1.80 bits per heavy atom. The van der Waals surface area contributed by atoms with Gasteiger partial charge in [0.05, 0.1) is 0 Å². The van der Waals surface area contributed by atoms with Crippen LogP contribution in [-0.2, 0) is 13.1 Å². The molecule has 0 saturated carbocycles. The van der Waals surface area contributed by atoms with Crippen molar-refractivity contribution in [2.24, 2.45) is 4.99 Å². The van der Waals surface area contributed by atoms with Gasteiger partial charge >= 0.3 is 0 Å². The number of guanidine groups is 1. The summed E-state index contributed by atoms with van der Waals surface area (Å²) in [4.78, 5) is 11.2. The SMILES string of the molecule is CN=C(NCc1cccc(C)c1)NCc1ccnc(N2CCCC2)c1. The van der Waals surface area contributed by atoms with Gasteiger partial charge in [-0.15, -0.1) is 0 Å². The average molecular weight is 337 g/mol. The Morgan fingerprint density at radius 1 is 1.08 bits per heavy atom. The summed E-state index contributed by atoms with van der Waals surface area (Å²) < 4.78 is 0. The van der Waals surface area contributed by atoms with Gasteiger partial charge in [0.1, 0.15) is 5.82 Å². The molecule has 3 rings (SSSR count). The van der Waals surface area contributed by atoms with Gasteiger partial charge in [-0.05, 0) is 43.0 Å². The molecule has 2 N–H and O–H groups in total. The lowest BCUT2D eigenvalue weighted by atomic mass is 10.1. The molecule has 0 unspecified atom stereocenters. The Morgan fingerprint density at radius 3 is 2.48 bits per heavy atom. The number of hydrogen-bond donors (Lipinski definition) is 2. The summed E-state index contributed by atoms with van der Waals surface area (Å²) in [5.74, 6) is 1.89. The van der Waals surface area contributed by atoms with Crippen molar-refractivity contribution in [1.29, 1.82) is 0 Å². The number of pyridine rings is 1. The van der Waals surface area contributed by atoms with E-state index < -0.39 is 0 Å². The van der Waals surface area contributed by atoms with Crippen LogP contribution in [0.2, 0.25) is 0 Å². The Balaban J connectivity index is 1.53. The molecule has 1 aromatic heterocycles. The molecular formula is C20H27N5. The first-order valence-corrected chi connectivity index (χ1v) is 8.94. The molecule has 132 valence electrons. The predicted molar refractivity (Wildman–Crippen MR) is 104 cm³/mol. The lowest BCUT2D eigenvalue weighted by Gasteiger charge is -2.17. The maximum atomic E-state index is 4.51. The molecule has 5 heteroatoms. The van der Waals surface area contributed by atoms with Crippen molar-refractivity contribution in [3.05, 3.63) is 59.3 Å². The van der Waals surface area contributed by atoms with E-state index in [0.29, 0.717) is 0 Å². The minimum atomic E-state index is 0.733. The van der Waals surface area contributed by atoms with E-state index in [1.54, 1.807) is 7.05 Å². The molecule has 0 amide bonds. The van der Waals surface area contributed by atoms with Gasteiger partial charge in [-0.25, -0.2) is 4.98 Å². The molecule has 5 nitrogen and oxygen atoms in total. The molecule has 0 spiro atoms. The third-order valence-corrected chi connectivity index (χ3v) is 4.47. The summed E-state index contributed by atoms with van der Waals surface area (Å²) in [7, 11) is 1.80. The van der Waals surface area contributed by atoms with Gasteiger partial charge in [0, 0.05) is 39.4 Å². The second-order valence-corrected chi connectivity index (χ2v) is 6.48. The highest BCUT2D eigenvalue weighted by Crippen LogP contribution is 2.18. The van der Waals surface area contributed by atoms with Crippen molar-refractivity contribution in [3.63, 3.8) is 0 Å². The number of anilines is 1. The second kappa shape index (κ2) is 8.51. The van der Waals surface area contributed by atoms with Gasteiger partial charge in [0.25, 0.3) is 0 Å². The maximum Gasteiger partial charge on any atom is 0.191 e. The fourth-order valence-electron chi connectivity index (χ4n) is 3.10. The van der Waals surface area contributed by atoms with E-state index in [2.05, 4.69) is 68.8 Å². The zero-order valence-electron chi connectivity index (χ0n) is 15.1. The number of aryl methyl sites for hydroxylation is 1. The lowest BCUT2D eigenvalue weighted by Crippen LogP contribution is -2.36. The summed E-state index contributed by atoms with van der Waals surface area (Å²) in [5.41, 5.74) is 3.74. The van der Waals surface area contributed by atoms with Gasteiger partial charge in [-0.3, -0.25) is 4.99 Å². The van der Waals surface area contributed by atoms with Crippen molar-refractivity contribution in [2.75, 3.05) is 25.0 Å². The van der Waals surface area contributed by atoms with Crippen LogP contribution in [0.3, 0.4) is 0 Å². The molecule has 0 atom stereocenters. The van der Waals surface area contributed by atoms with Crippen molar-refractivity contribution in [3.8, 4) is 0 Å². The van der Waals surface area contributed by atoms with E-state index in [4.69, 9.17) is 0 Å². The monoisotopic (exact) mass is 337 g/mol. The summed E-state index contributed by atoms with van der Waals surface area (Å²) in [6.45, 7) is 5.83. The zero-order valence-corrected chi connectivity index (χ0v) is 15.1. The standard InChI is InChI=1S/C20H27N5/c1-16-6-5-7-17(12-16)14-23-20(21-2)24-15-18-8-9-22-19(13-18)25-10-3-4-11-25/h5-9,12-13H,3-4,10-11,14-15H2,1-2H3,(H2,21,23,24). The Bertz CT molecular complexity index is 720. The topological polar surface area (TPSA) is 52.6 Å². The van der Waals surface area contributed by atoms with Gasteiger partial charge < -0.3 is 15.5 Å². The normalized spacial score (nSPS) is 14.6. The van der Waals surface area contributed by atoms with Gasteiger partial charge in [-0.2, -0.15) is 0 Å². The molecule has 0 radical (unpaired) electrons. The van der Waals surface area contributed by atoms with Crippen LogP contribution in [0.15, 0.2) is 47.6 Å². The van der Waals surface area contributed by atoms with Gasteiger partial charge in [0.15, 0.2) is 5.96 Å². The van der Waals surface area contributed by atoms with E-state index in [1.807, 2.05) is 6.20 Å². The summed E-state index contributed by atoms with van der Waals surface area (Å²) in [6, 6.07) is 12.7. The largest absolute Gasteiger partial charge is 0.357 e. The Hall–Kier alpha value is -2.56. The third kappa shape index (κ3) is 4.95. The molecule has 25 heavy (non-hydrogen) atoms. The highest BCUT2D eigenvalue weighted by molar-refractivity contribution is 5.79. The highest BCUT2D eigenvalue weighted by Gasteiger charge is 2.13. The van der Waals surface area contributed by atoms with Crippen molar-refractivity contribution in [1.82, 2.24) is 15.6 Å². The summed E-state index contributed by atoms with van der Waals surface area (Å²) in [6.07, 6.45) is 4.42. The molecule has 1 saturated heterocycles. The first kappa shape index (κ1) is 17.3. The molecule has 1 aromatic carbocycles. The molecular weight excluding hydrogens is 310 g/mol. The second-order valence-electron chi connectivity index (χ2n) is 6.48. The summed E-state index contributed by atoms with van der Waals surface area (Å²) in [5, 5.41) is 6.75. The quantitative estimate of drug-likeness (QED) is 0.651. The predicted octanol–water partition coefficient (Wildman–Crippen LogP) is 2.86. The smallest absolute Gasteiger partial charge is 0.191 e. The number of aromatic nitrogens is 1. The van der Waals surface area contributed by atoms with Crippen molar-refractivity contribution >= 4 is 11.8 Å². The molecule has 0 bridgehead atoms. The first-order valence-electron chi connectivity index (χ1n) is 8.94. The van der Waals surface area contributed by atoms with Crippen molar-refractivity contribution in [2.45, 2.75) is 32.9 Å². The van der Waals surface area contributed by atoms with Crippen LogP contribution in [0.5, 0.6) is 0 Å². The Labute approximate surface area is 150 Å². The highest BCUT2D eigenvalue weighted by atomic mass is 15.2. The fourth-order valence-corrected chi connectivity index (χ4v) is 3.10. The molecule has 0 aliphatic carbocycles.